The first kappa shape index (κ1) is 23.0. The normalized spacial score (nSPS) is 14.2. The molecule has 0 spiro atoms. The number of likely N-dealkylation sites (N-methyl/N-ethyl adjacent to an activating group) is 1. The average Bonchev–Trinajstić information content (AvgIpc) is 3.24. The van der Waals surface area contributed by atoms with E-state index in [1.165, 1.54) is 17.8 Å². The number of halogens is 3. The van der Waals surface area contributed by atoms with Gasteiger partial charge in [-0.1, -0.05) is 6.07 Å². The maximum absolute atomic E-state index is 13.3. The zero-order valence-corrected chi connectivity index (χ0v) is 18.7. The monoisotopic (exact) mass is 461 g/mol. The topological polar surface area (TPSA) is 48.1 Å². The Bertz CT molecular complexity index is 1160. The SMILES string of the molecule is CN1CCN(c2ccnc3ccc(-c4cn[nH]c4-c4ccc(F)cc4)cc23)CC1.Cl.Cl.[HH]. The van der Waals surface area contributed by atoms with Crippen molar-refractivity contribution in [3.05, 3.63) is 66.7 Å². The molecule has 31 heavy (non-hydrogen) atoms. The van der Waals surface area contributed by atoms with Gasteiger partial charge in [0.25, 0.3) is 0 Å². The summed E-state index contributed by atoms with van der Waals surface area (Å²) in [4.78, 5) is 9.35. The summed E-state index contributed by atoms with van der Waals surface area (Å²) in [7, 11) is 2.16. The smallest absolute Gasteiger partial charge is 0.123 e. The van der Waals surface area contributed by atoms with E-state index in [1.807, 2.05) is 12.4 Å². The van der Waals surface area contributed by atoms with Crippen molar-refractivity contribution in [2.45, 2.75) is 0 Å². The van der Waals surface area contributed by atoms with Gasteiger partial charge in [0.2, 0.25) is 0 Å². The highest BCUT2D eigenvalue weighted by molar-refractivity contribution is 5.96. The molecule has 2 aromatic carbocycles. The Balaban J connectivity index is 0.00000121. The summed E-state index contributed by atoms with van der Waals surface area (Å²) in [5.74, 6) is -0.247. The van der Waals surface area contributed by atoms with Crippen LogP contribution < -0.4 is 4.90 Å². The van der Waals surface area contributed by atoms with Crippen molar-refractivity contribution >= 4 is 41.4 Å². The number of nitrogens with zero attached hydrogens (tertiary/aromatic N) is 4. The van der Waals surface area contributed by atoms with Crippen molar-refractivity contribution in [1.29, 1.82) is 0 Å². The summed E-state index contributed by atoms with van der Waals surface area (Å²) in [5, 5.41) is 8.45. The quantitative estimate of drug-likeness (QED) is 0.451. The fraction of sp³-hybridized carbons (Fsp3) is 0.217. The second-order valence-corrected chi connectivity index (χ2v) is 7.52. The summed E-state index contributed by atoms with van der Waals surface area (Å²) in [6.45, 7) is 4.12. The second-order valence-electron chi connectivity index (χ2n) is 7.52. The van der Waals surface area contributed by atoms with Gasteiger partial charge in [0.05, 0.1) is 17.4 Å². The molecule has 0 atom stereocenters. The fourth-order valence-electron chi connectivity index (χ4n) is 3.96. The van der Waals surface area contributed by atoms with E-state index in [0.29, 0.717) is 0 Å². The molecule has 8 heteroatoms. The lowest BCUT2D eigenvalue weighted by Gasteiger charge is -2.34. The van der Waals surface area contributed by atoms with Crippen LogP contribution in [0, 0.1) is 5.82 Å². The van der Waals surface area contributed by atoms with Crippen LogP contribution in [-0.2, 0) is 0 Å². The lowest BCUT2D eigenvalue weighted by molar-refractivity contribution is 0.313. The molecule has 5 nitrogen and oxygen atoms in total. The van der Waals surface area contributed by atoms with Gasteiger partial charge in [-0.15, -0.1) is 24.8 Å². The van der Waals surface area contributed by atoms with E-state index in [-0.39, 0.29) is 32.1 Å². The molecule has 0 saturated carbocycles. The molecule has 3 heterocycles. The summed E-state index contributed by atoms with van der Waals surface area (Å²) in [6, 6.07) is 14.9. The predicted octanol–water partition coefficient (Wildman–Crippen LogP) is 5.27. The third-order valence-electron chi connectivity index (χ3n) is 5.65. The van der Waals surface area contributed by atoms with Gasteiger partial charge in [0.1, 0.15) is 5.82 Å². The number of aromatic amines is 1. The Hall–Kier alpha value is -2.67. The molecule has 0 unspecified atom stereocenters. The number of hydrogen-bond acceptors (Lipinski definition) is 4. The van der Waals surface area contributed by atoms with Gasteiger partial charge >= 0.3 is 0 Å². The number of aromatic nitrogens is 3. The summed E-state index contributed by atoms with van der Waals surface area (Å²) in [5.41, 5.74) is 6.05. The Morgan fingerprint density at radius 2 is 1.65 bits per heavy atom. The molecule has 1 aliphatic heterocycles. The third-order valence-corrected chi connectivity index (χ3v) is 5.65. The lowest BCUT2D eigenvalue weighted by atomic mass is 9.99. The molecule has 0 radical (unpaired) electrons. The molecule has 1 N–H and O–H groups in total. The average molecular weight is 462 g/mol. The first-order valence-corrected chi connectivity index (χ1v) is 9.81. The molecule has 4 aromatic rings. The van der Waals surface area contributed by atoms with Crippen molar-refractivity contribution in [3.8, 4) is 22.4 Å². The molecular weight excluding hydrogens is 436 g/mol. The van der Waals surface area contributed by atoms with Crippen LogP contribution in [-0.4, -0.2) is 53.3 Å². The zero-order valence-electron chi connectivity index (χ0n) is 17.1. The molecule has 0 bridgehead atoms. The minimum atomic E-state index is -0.247. The molecule has 164 valence electrons. The van der Waals surface area contributed by atoms with E-state index in [0.717, 1.165) is 59.5 Å². The van der Waals surface area contributed by atoms with E-state index < -0.39 is 0 Å². The van der Waals surface area contributed by atoms with Crippen molar-refractivity contribution in [2.24, 2.45) is 0 Å². The minimum Gasteiger partial charge on any atom is -0.368 e. The van der Waals surface area contributed by atoms with Crippen LogP contribution in [0.1, 0.15) is 1.43 Å². The first-order chi connectivity index (χ1) is 14.2. The van der Waals surface area contributed by atoms with E-state index in [4.69, 9.17) is 0 Å². The van der Waals surface area contributed by atoms with Crippen molar-refractivity contribution < 1.29 is 5.82 Å². The highest BCUT2D eigenvalue weighted by Gasteiger charge is 2.18. The molecule has 1 aliphatic rings. The van der Waals surface area contributed by atoms with Crippen LogP contribution in [0.15, 0.2) is 60.9 Å². The summed E-state index contributed by atoms with van der Waals surface area (Å²) >= 11 is 0. The van der Waals surface area contributed by atoms with Gasteiger partial charge in [-0.05, 0) is 55.1 Å². The van der Waals surface area contributed by atoms with Crippen molar-refractivity contribution in [3.63, 3.8) is 0 Å². The van der Waals surface area contributed by atoms with Crippen LogP contribution in [0.3, 0.4) is 0 Å². The fourth-order valence-corrected chi connectivity index (χ4v) is 3.96. The van der Waals surface area contributed by atoms with Crippen LogP contribution in [0.4, 0.5) is 10.1 Å². The van der Waals surface area contributed by atoms with Crippen LogP contribution in [0.5, 0.6) is 0 Å². The number of benzene rings is 2. The van der Waals surface area contributed by atoms with Crippen molar-refractivity contribution in [2.75, 3.05) is 38.1 Å². The molecule has 0 aliphatic carbocycles. The summed E-state index contributed by atoms with van der Waals surface area (Å²) in [6.07, 6.45) is 3.71. The number of anilines is 1. The first-order valence-electron chi connectivity index (χ1n) is 9.81. The van der Waals surface area contributed by atoms with Gasteiger partial charge in [-0.25, -0.2) is 4.39 Å². The van der Waals surface area contributed by atoms with Gasteiger partial charge < -0.3 is 9.80 Å². The second kappa shape index (κ2) is 9.64. The zero-order chi connectivity index (χ0) is 19.8. The van der Waals surface area contributed by atoms with E-state index in [1.54, 1.807) is 12.1 Å². The van der Waals surface area contributed by atoms with Crippen molar-refractivity contribution in [1.82, 2.24) is 20.1 Å². The van der Waals surface area contributed by atoms with Gasteiger partial charge in [0, 0.05) is 56.0 Å². The Morgan fingerprint density at radius 3 is 2.39 bits per heavy atom. The minimum absolute atomic E-state index is 0. The maximum Gasteiger partial charge on any atom is 0.123 e. The Labute approximate surface area is 194 Å². The van der Waals surface area contributed by atoms with Crippen LogP contribution >= 0.6 is 24.8 Å². The largest absolute Gasteiger partial charge is 0.368 e. The lowest BCUT2D eigenvalue weighted by Crippen LogP contribution is -2.44. The van der Waals surface area contributed by atoms with Gasteiger partial charge in [-0.2, -0.15) is 5.10 Å². The van der Waals surface area contributed by atoms with E-state index >= 15 is 0 Å². The number of rotatable bonds is 3. The van der Waals surface area contributed by atoms with E-state index in [2.05, 4.69) is 56.3 Å². The number of nitrogens with one attached hydrogen (secondary N) is 1. The molecule has 0 amide bonds. The van der Waals surface area contributed by atoms with E-state index in [9.17, 15) is 4.39 Å². The highest BCUT2D eigenvalue weighted by atomic mass is 35.5. The van der Waals surface area contributed by atoms with Gasteiger partial charge in [0.15, 0.2) is 0 Å². The molecule has 1 saturated heterocycles. The van der Waals surface area contributed by atoms with Crippen LogP contribution in [0.2, 0.25) is 0 Å². The van der Waals surface area contributed by atoms with Crippen LogP contribution in [0.25, 0.3) is 33.3 Å². The molecule has 1 fully saturated rings. The third kappa shape index (κ3) is 4.51. The highest BCUT2D eigenvalue weighted by Crippen LogP contribution is 2.34. The number of hydrogen-bond donors (Lipinski definition) is 1. The number of piperazine rings is 1. The molecule has 5 rings (SSSR count). The molecule has 2 aromatic heterocycles. The number of H-pyrrole nitrogens is 1. The Kier molecular flexibility index (Phi) is 7.15. The maximum atomic E-state index is 13.3. The number of fused-ring (bicyclic) bond motifs is 1. The Morgan fingerprint density at radius 1 is 0.935 bits per heavy atom. The summed E-state index contributed by atoms with van der Waals surface area (Å²) < 4.78 is 13.3. The number of pyridine rings is 1. The standard InChI is InChI=1S/C23H22FN5.2ClH.H2/c1-28-10-12-29(13-11-28)22-8-9-25-21-7-4-17(14-19(21)22)20-15-26-27-23(20)16-2-5-18(24)6-3-16;;;/h2-9,14-15H,10-13H2,1H3,(H,26,27);3*1H. The molecular formula is C23H26Cl2FN5. The van der Waals surface area contributed by atoms with Gasteiger partial charge in [-0.3, -0.25) is 10.1 Å². The predicted molar refractivity (Wildman–Crippen MR) is 131 cm³/mol.